The quantitative estimate of drug-likeness (QED) is 0.576. The Morgan fingerprint density at radius 3 is 2.74 bits per heavy atom. The Labute approximate surface area is 160 Å². The van der Waals surface area contributed by atoms with Crippen molar-refractivity contribution in [1.82, 2.24) is 24.5 Å². The normalized spacial score (nSPS) is 10.9. The van der Waals surface area contributed by atoms with Gasteiger partial charge in [0.1, 0.15) is 5.65 Å². The zero-order valence-electron chi connectivity index (χ0n) is 14.5. The summed E-state index contributed by atoms with van der Waals surface area (Å²) in [5, 5.41) is 7.80. The van der Waals surface area contributed by atoms with Gasteiger partial charge in [-0.05, 0) is 24.3 Å². The van der Waals surface area contributed by atoms with Crippen LogP contribution < -0.4 is 10.1 Å². The number of hydrogen-bond acceptors (Lipinski definition) is 4. The minimum atomic E-state index is -0.336. The standard InChI is InChI=1S/C19H16ClN5O2/c1-27-16-12-25(15-5-3-2-4-6-15)23-18(16)19(26)21-9-14-11-24-10-13(20)7-8-17(24)22-14/h2-8,10-12H,9H2,1H3,(H,21,26). The monoisotopic (exact) mass is 381 g/mol. The number of imidazole rings is 1. The first-order chi connectivity index (χ1) is 13.1. The number of aromatic nitrogens is 4. The second kappa shape index (κ2) is 7.13. The van der Waals surface area contributed by atoms with Crippen LogP contribution in [0.1, 0.15) is 16.2 Å². The van der Waals surface area contributed by atoms with E-state index in [4.69, 9.17) is 16.3 Å². The van der Waals surface area contributed by atoms with Crippen LogP contribution in [0, 0.1) is 0 Å². The highest BCUT2D eigenvalue weighted by molar-refractivity contribution is 6.30. The molecule has 4 aromatic rings. The maximum Gasteiger partial charge on any atom is 0.276 e. The van der Waals surface area contributed by atoms with Crippen LogP contribution in [0.4, 0.5) is 0 Å². The first-order valence-corrected chi connectivity index (χ1v) is 8.62. The van der Waals surface area contributed by atoms with Gasteiger partial charge in [-0.25, -0.2) is 9.67 Å². The lowest BCUT2D eigenvalue weighted by atomic mass is 10.3. The third-order valence-electron chi connectivity index (χ3n) is 4.03. The third-order valence-corrected chi connectivity index (χ3v) is 4.25. The van der Waals surface area contributed by atoms with Crippen LogP contribution in [-0.4, -0.2) is 32.2 Å². The van der Waals surface area contributed by atoms with Crippen molar-refractivity contribution in [3.63, 3.8) is 0 Å². The minimum Gasteiger partial charge on any atom is -0.493 e. The zero-order valence-corrected chi connectivity index (χ0v) is 15.2. The van der Waals surface area contributed by atoms with Gasteiger partial charge >= 0.3 is 0 Å². The Balaban J connectivity index is 1.52. The largest absolute Gasteiger partial charge is 0.493 e. The van der Waals surface area contributed by atoms with Gasteiger partial charge in [-0.1, -0.05) is 29.8 Å². The number of fused-ring (bicyclic) bond motifs is 1. The van der Waals surface area contributed by atoms with Crippen LogP contribution in [0.5, 0.6) is 5.75 Å². The Kier molecular flexibility index (Phi) is 4.52. The predicted molar refractivity (Wildman–Crippen MR) is 101 cm³/mol. The maximum atomic E-state index is 12.6. The summed E-state index contributed by atoms with van der Waals surface area (Å²) in [6, 6.07) is 13.1. The number of benzene rings is 1. The first-order valence-electron chi connectivity index (χ1n) is 8.24. The summed E-state index contributed by atoms with van der Waals surface area (Å²) in [4.78, 5) is 17.0. The summed E-state index contributed by atoms with van der Waals surface area (Å²) in [6.07, 6.45) is 5.26. The molecule has 0 bridgehead atoms. The summed E-state index contributed by atoms with van der Waals surface area (Å²) in [6.45, 7) is 0.263. The SMILES string of the molecule is COc1cn(-c2ccccc2)nc1C(=O)NCc1cn2cc(Cl)ccc2n1. The average Bonchev–Trinajstić information content (AvgIpc) is 3.30. The average molecular weight is 382 g/mol. The Morgan fingerprint density at radius 2 is 1.96 bits per heavy atom. The molecular formula is C19H16ClN5O2. The van der Waals surface area contributed by atoms with E-state index in [2.05, 4.69) is 15.4 Å². The molecule has 1 N–H and O–H groups in total. The van der Waals surface area contributed by atoms with Gasteiger partial charge in [0.2, 0.25) is 0 Å². The van der Waals surface area contributed by atoms with Gasteiger partial charge < -0.3 is 14.5 Å². The van der Waals surface area contributed by atoms with E-state index >= 15 is 0 Å². The molecule has 0 aliphatic heterocycles. The maximum absolute atomic E-state index is 12.6. The second-order valence-electron chi connectivity index (χ2n) is 5.85. The molecule has 4 rings (SSSR count). The van der Waals surface area contributed by atoms with E-state index in [0.29, 0.717) is 16.5 Å². The van der Waals surface area contributed by atoms with Gasteiger partial charge in [-0.3, -0.25) is 4.79 Å². The molecule has 1 aromatic carbocycles. The lowest BCUT2D eigenvalue weighted by molar-refractivity contribution is 0.0942. The molecule has 0 aliphatic rings. The molecule has 3 heterocycles. The number of ether oxygens (including phenoxy) is 1. The molecule has 0 unspecified atom stereocenters. The number of rotatable bonds is 5. The Hall–Kier alpha value is -3.32. The van der Waals surface area contributed by atoms with Gasteiger partial charge in [0.15, 0.2) is 11.4 Å². The molecule has 1 amide bonds. The number of carbonyl (C=O) groups is 1. The van der Waals surface area contributed by atoms with Crippen molar-refractivity contribution in [3.8, 4) is 11.4 Å². The van der Waals surface area contributed by atoms with E-state index in [1.165, 1.54) is 7.11 Å². The van der Waals surface area contributed by atoms with E-state index in [-0.39, 0.29) is 18.1 Å². The molecule has 8 heteroatoms. The van der Waals surface area contributed by atoms with Crippen LogP contribution in [0.2, 0.25) is 5.02 Å². The van der Waals surface area contributed by atoms with Crippen molar-refractivity contribution in [1.29, 1.82) is 0 Å². The molecule has 3 aromatic heterocycles. The number of halogens is 1. The van der Waals surface area contributed by atoms with Crippen LogP contribution >= 0.6 is 11.6 Å². The number of nitrogens with zero attached hydrogens (tertiary/aromatic N) is 4. The topological polar surface area (TPSA) is 73.5 Å². The van der Waals surface area contributed by atoms with Gasteiger partial charge in [-0.2, -0.15) is 5.10 Å². The van der Waals surface area contributed by atoms with Crippen molar-refractivity contribution < 1.29 is 9.53 Å². The van der Waals surface area contributed by atoms with Crippen LogP contribution in [0.3, 0.4) is 0 Å². The van der Waals surface area contributed by atoms with Crippen molar-refractivity contribution >= 4 is 23.2 Å². The lowest BCUT2D eigenvalue weighted by Gasteiger charge is -2.02. The highest BCUT2D eigenvalue weighted by atomic mass is 35.5. The molecule has 136 valence electrons. The molecule has 0 radical (unpaired) electrons. The van der Waals surface area contributed by atoms with Crippen molar-refractivity contribution in [3.05, 3.63) is 77.5 Å². The molecule has 0 spiro atoms. The summed E-state index contributed by atoms with van der Waals surface area (Å²) < 4.78 is 8.73. The van der Waals surface area contributed by atoms with E-state index in [1.807, 2.05) is 47.0 Å². The zero-order chi connectivity index (χ0) is 18.8. The fourth-order valence-corrected chi connectivity index (χ4v) is 2.90. The number of amides is 1. The van der Waals surface area contributed by atoms with Gasteiger partial charge in [0, 0.05) is 12.4 Å². The summed E-state index contributed by atoms with van der Waals surface area (Å²) in [5.41, 5.74) is 2.53. The predicted octanol–water partition coefficient (Wildman–Crippen LogP) is 3.11. The van der Waals surface area contributed by atoms with Crippen LogP contribution in [-0.2, 0) is 6.54 Å². The number of pyridine rings is 1. The highest BCUT2D eigenvalue weighted by Crippen LogP contribution is 2.19. The molecule has 0 atom stereocenters. The number of carbonyl (C=O) groups excluding carboxylic acids is 1. The van der Waals surface area contributed by atoms with Gasteiger partial charge in [0.05, 0.1) is 36.3 Å². The lowest BCUT2D eigenvalue weighted by Crippen LogP contribution is -2.24. The van der Waals surface area contributed by atoms with Crippen molar-refractivity contribution in [2.24, 2.45) is 0 Å². The molecule has 27 heavy (non-hydrogen) atoms. The second-order valence-corrected chi connectivity index (χ2v) is 6.29. The third kappa shape index (κ3) is 3.50. The summed E-state index contributed by atoms with van der Waals surface area (Å²) >= 11 is 5.98. The number of nitrogens with one attached hydrogen (secondary N) is 1. The van der Waals surface area contributed by atoms with E-state index in [0.717, 1.165) is 11.3 Å². The smallest absolute Gasteiger partial charge is 0.276 e. The number of methoxy groups -OCH3 is 1. The van der Waals surface area contributed by atoms with E-state index in [9.17, 15) is 4.79 Å². The van der Waals surface area contributed by atoms with E-state index in [1.54, 1.807) is 23.1 Å². The van der Waals surface area contributed by atoms with E-state index < -0.39 is 0 Å². The summed E-state index contributed by atoms with van der Waals surface area (Å²) in [5.74, 6) is 0.0646. The molecule has 7 nitrogen and oxygen atoms in total. The number of hydrogen-bond donors (Lipinski definition) is 1. The molecule has 0 saturated heterocycles. The van der Waals surface area contributed by atoms with Crippen LogP contribution in [0.15, 0.2) is 61.1 Å². The molecular weight excluding hydrogens is 366 g/mol. The Bertz CT molecular complexity index is 1100. The Morgan fingerprint density at radius 1 is 1.15 bits per heavy atom. The number of para-hydroxylation sites is 1. The van der Waals surface area contributed by atoms with Crippen molar-refractivity contribution in [2.45, 2.75) is 6.54 Å². The van der Waals surface area contributed by atoms with Gasteiger partial charge in [-0.15, -0.1) is 0 Å². The van der Waals surface area contributed by atoms with Crippen molar-refractivity contribution in [2.75, 3.05) is 7.11 Å². The molecule has 0 saturated carbocycles. The van der Waals surface area contributed by atoms with Crippen LogP contribution in [0.25, 0.3) is 11.3 Å². The highest BCUT2D eigenvalue weighted by Gasteiger charge is 2.18. The fraction of sp³-hybridized carbons (Fsp3) is 0.105. The summed E-state index contributed by atoms with van der Waals surface area (Å²) in [7, 11) is 1.51. The fourth-order valence-electron chi connectivity index (χ4n) is 2.73. The molecule has 0 aliphatic carbocycles. The minimum absolute atomic E-state index is 0.216. The molecule has 0 fully saturated rings. The van der Waals surface area contributed by atoms with Gasteiger partial charge in [0.25, 0.3) is 5.91 Å². The first kappa shape index (κ1) is 17.1.